The SMILES string of the molecule is Cc1nn(CCCC(=O)NC2CCCCCC2)c(C)c1[N+](=O)[O-]. The summed E-state index contributed by atoms with van der Waals surface area (Å²) >= 11 is 0. The van der Waals surface area contributed by atoms with Crippen LogP contribution < -0.4 is 5.32 Å². The van der Waals surface area contributed by atoms with E-state index in [1.54, 1.807) is 18.5 Å². The van der Waals surface area contributed by atoms with E-state index < -0.39 is 4.92 Å². The molecule has 0 bridgehead atoms. The molecule has 0 atom stereocenters. The Morgan fingerprint density at radius 1 is 1.30 bits per heavy atom. The average Bonchev–Trinajstić information content (AvgIpc) is 2.66. The predicted molar refractivity (Wildman–Crippen MR) is 87.2 cm³/mol. The van der Waals surface area contributed by atoms with Crippen molar-refractivity contribution >= 4 is 11.6 Å². The first kappa shape index (κ1) is 17.4. The third kappa shape index (κ3) is 4.77. The highest BCUT2D eigenvalue weighted by molar-refractivity contribution is 5.76. The molecule has 2 rings (SSSR count). The molecule has 23 heavy (non-hydrogen) atoms. The number of amides is 1. The van der Waals surface area contributed by atoms with Gasteiger partial charge in [0.15, 0.2) is 0 Å². The third-order valence-electron chi connectivity index (χ3n) is 4.52. The Kier molecular flexibility index (Phi) is 6.12. The van der Waals surface area contributed by atoms with E-state index in [4.69, 9.17) is 0 Å². The number of rotatable bonds is 6. The van der Waals surface area contributed by atoms with Gasteiger partial charge in [-0.25, -0.2) is 0 Å². The van der Waals surface area contributed by atoms with Gasteiger partial charge in [0.2, 0.25) is 5.91 Å². The third-order valence-corrected chi connectivity index (χ3v) is 4.52. The van der Waals surface area contributed by atoms with Crippen molar-refractivity contribution in [3.63, 3.8) is 0 Å². The number of nitrogens with one attached hydrogen (secondary N) is 1. The van der Waals surface area contributed by atoms with Crippen LogP contribution in [0.1, 0.15) is 62.8 Å². The minimum atomic E-state index is -0.396. The lowest BCUT2D eigenvalue weighted by Crippen LogP contribution is -2.34. The Bertz CT molecular complexity index is 560. The summed E-state index contributed by atoms with van der Waals surface area (Å²) in [6, 6.07) is 0.319. The molecule has 1 aliphatic rings. The minimum absolute atomic E-state index is 0.0768. The maximum Gasteiger partial charge on any atom is 0.312 e. The Morgan fingerprint density at radius 2 is 1.96 bits per heavy atom. The second-order valence-corrected chi connectivity index (χ2v) is 6.36. The van der Waals surface area contributed by atoms with Gasteiger partial charge in [0.1, 0.15) is 11.4 Å². The van der Waals surface area contributed by atoms with Crippen molar-refractivity contribution in [2.24, 2.45) is 0 Å². The summed E-state index contributed by atoms with van der Waals surface area (Å²) in [5, 5.41) is 18.3. The summed E-state index contributed by atoms with van der Waals surface area (Å²) in [6.07, 6.45) is 8.15. The van der Waals surface area contributed by atoms with Crippen LogP contribution in [0, 0.1) is 24.0 Å². The lowest BCUT2D eigenvalue weighted by atomic mass is 10.1. The molecule has 0 spiro atoms. The molecule has 0 radical (unpaired) electrons. The molecule has 1 saturated carbocycles. The van der Waals surface area contributed by atoms with Crippen LogP contribution in [-0.4, -0.2) is 26.7 Å². The van der Waals surface area contributed by atoms with Crippen LogP contribution in [0.2, 0.25) is 0 Å². The van der Waals surface area contributed by atoms with Crippen LogP contribution in [0.25, 0.3) is 0 Å². The van der Waals surface area contributed by atoms with Gasteiger partial charge in [-0.05, 0) is 33.1 Å². The Morgan fingerprint density at radius 3 is 2.52 bits per heavy atom. The standard InChI is InChI=1S/C16H26N4O3/c1-12-16(20(22)23)13(2)19(18-12)11-7-10-15(21)17-14-8-5-3-4-6-9-14/h14H,3-11H2,1-2H3,(H,17,21). The van der Waals surface area contributed by atoms with E-state index in [-0.39, 0.29) is 11.6 Å². The van der Waals surface area contributed by atoms with Crippen molar-refractivity contribution in [1.82, 2.24) is 15.1 Å². The van der Waals surface area contributed by atoms with Crippen LogP contribution in [0.5, 0.6) is 0 Å². The quantitative estimate of drug-likeness (QED) is 0.495. The van der Waals surface area contributed by atoms with Gasteiger partial charge in [-0.2, -0.15) is 5.10 Å². The summed E-state index contributed by atoms with van der Waals surface area (Å²) in [5.41, 5.74) is 1.06. The van der Waals surface area contributed by atoms with Gasteiger partial charge in [0.05, 0.1) is 4.92 Å². The summed E-state index contributed by atoms with van der Waals surface area (Å²) in [5.74, 6) is 0.0768. The molecule has 1 N–H and O–H groups in total. The Hall–Kier alpha value is -1.92. The van der Waals surface area contributed by atoms with Crippen LogP contribution in [0.4, 0.5) is 5.69 Å². The summed E-state index contributed by atoms with van der Waals surface area (Å²) in [4.78, 5) is 22.6. The van der Waals surface area contributed by atoms with Crippen molar-refractivity contribution in [2.45, 2.75) is 77.8 Å². The highest BCUT2D eigenvalue weighted by Gasteiger charge is 2.21. The maximum absolute atomic E-state index is 12.0. The summed E-state index contributed by atoms with van der Waals surface area (Å²) in [7, 11) is 0. The van der Waals surface area contributed by atoms with Crippen LogP contribution >= 0.6 is 0 Å². The van der Waals surface area contributed by atoms with E-state index in [2.05, 4.69) is 10.4 Å². The molecule has 128 valence electrons. The first-order valence-electron chi connectivity index (χ1n) is 8.47. The first-order valence-corrected chi connectivity index (χ1v) is 8.47. The number of carbonyl (C=O) groups is 1. The van der Waals surface area contributed by atoms with Gasteiger partial charge in [0.25, 0.3) is 0 Å². The predicted octanol–water partition coefficient (Wildman–Crippen LogP) is 3.03. The molecule has 0 unspecified atom stereocenters. The number of hydrogen-bond donors (Lipinski definition) is 1. The van der Waals surface area contributed by atoms with Crippen molar-refractivity contribution in [3.8, 4) is 0 Å². The van der Waals surface area contributed by atoms with Gasteiger partial charge in [0, 0.05) is 19.0 Å². The number of carbonyl (C=O) groups excluding carboxylic acids is 1. The lowest BCUT2D eigenvalue weighted by molar-refractivity contribution is -0.386. The molecule has 1 aliphatic carbocycles. The van der Waals surface area contributed by atoms with E-state index in [0.29, 0.717) is 36.8 Å². The fourth-order valence-electron chi connectivity index (χ4n) is 3.28. The number of nitrogens with zero attached hydrogens (tertiary/aromatic N) is 3. The molecule has 0 saturated heterocycles. The number of hydrogen-bond acceptors (Lipinski definition) is 4. The zero-order valence-corrected chi connectivity index (χ0v) is 14.0. The van der Waals surface area contributed by atoms with Crippen molar-refractivity contribution in [2.75, 3.05) is 0 Å². The molecular formula is C16H26N4O3. The molecular weight excluding hydrogens is 296 g/mol. The van der Waals surface area contributed by atoms with Crippen LogP contribution in [0.15, 0.2) is 0 Å². The van der Waals surface area contributed by atoms with Gasteiger partial charge in [-0.3, -0.25) is 19.6 Å². The van der Waals surface area contributed by atoms with E-state index in [1.165, 1.54) is 25.7 Å². The average molecular weight is 322 g/mol. The van der Waals surface area contributed by atoms with Crippen molar-refractivity contribution in [3.05, 3.63) is 21.5 Å². The van der Waals surface area contributed by atoms with Gasteiger partial charge >= 0.3 is 5.69 Å². The number of aryl methyl sites for hydroxylation is 2. The molecule has 1 fully saturated rings. The van der Waals surface area contributed by atoms with Crippen LogP contribution in [-0.2, 0) is 11.3 Å². The van der Waals surface area contributed by atoms with Crippen LogP contribution in [0.3, 0.4) is 0 Å². The topological polar surface area (TPSA) is 90.1 Å². The van der Waals surface area contributed by atoms with Crippen molar-refractivity contribution < 1.29 is 9.72 Å². The van der Waals surface area contributed by atoms with Crippen molar-refractivity contribution in [1.29, 1.82) is 0 Å². The highest BCUT2D eigenvalue weighted by atomic mass is 16.6. The van der Waals surface area contributed by atoms with Gasteiger partial charge < -0.3 is 5.32 Å². The Balaban J connectivity index is 1.79. The molecule has 0 aliphatic heterocycles. The molecule has 7 heteroatoms. The fraction of sp³-hybridized carbons (Fsp3) is 0.750. The summed E-state index contributed by atoms with van der Waals surface area (Å²) in [6.45, 7) is 3.86. The monoisotopic (exact) mass is 322 g/mol. The molecule has 1 heterocycles. The Labute approximate surface area is 136 Å². The van der Waals surface area contributed by atoms with Gasteiger partial charge in [-0.15, -0.1) is 0 Å². The number of nitro groups is 1. The summed E-state index contributed by atoms with van der Waals surface area (Å²) < 4.78 is 1.63. The molecule has 1 amide bonds. The molecule has 1 aromatic heterocycles. The smallest absolute Gasteiger partial charge is 0.312 e. The number of aromatic nitrogens is 2. The largest absolute Gasteiger partial charge is 0.353 e. The molecule has 7 nitrogen and oxygen atoms in total. The molecule has 1 aromatic rings. The van der Waals surface area contributed by atoms with E-state index >= 15 is 0 Å². The first-order chi connectivity index (χ1) is 11.0. The normalized spacial score (nSPS) is 16.1. The zero-order valence-electron chi connectivity index (χ0n) is 14.0. The van der Waals surface area contributed by atoms with Gasteiger partial charge in [-0.1, -0.05) is 25.7 Å². The van der Waals surface area contributed by atoms with E-state index in [0.717, 1.165) is 12.8 Å². The second-order valence-electron chi connectivity index (χ2n) is 6.36. The van der Waals surface area contributed by atoms with E-state index in [9.17, 15) is 14.9 Å². The fourth-order valence-corrected chi connectivity index (χ4v) is 3.28. The second kappa shape index (κ2) is 8.08. The zero-order chi connectivity index (χ0) is 16.8. The lowest BCUT2D eigenvalue weighted by Gasteiger charge is -2.16. The van der Waals surface area contributed by atoms with E-state index in [1.807, 2.05) is 0 Å². The minimum Gasteiger partial charge on any atom is -0.353 e. The highest BCUT2D eigenvalue weighted by Crippen LogP contribution is 2.22. The molecule has 0 aromatic carbocycles. The maximum atomic E-state index is 12.0.